The van der Waals surface area contributed by atoms with Crippen molar-refractivity contribution in [2.75, 3.05) is 26.2 Å². The Bertz CT molecular complexity index is 187. The van der Waals surface area contributed by atoms with Crippen LogP contribution in [0.5, 0.6) is 0 Å². The first kappa shape index (κ1) is 12.4. The van der Waals surface area contributed by atoms with Crippen LogP contribution in [0.3, 0.4) is 0 Å². The smallest absolute Gasteiger partial charge is 0.0107 e. The van der Waals surface area contributed by atoms with Gasteiger partial charge in [-0.25, -0.2) is 0 Å². The number of hydrogen-bond acceptors (Lipinski definition) is 2. The zero-order chi connectivity index (χ0) is 11.2. The van der Waals surface area contributed by atoms with Crippen LogP contribution in [0.4, 0.5) is 0 Å². The Hall–Kier alpha value is -0.0800. The lowest BCUT2D eigenvalue weighted by Gasteiger charge is -2.35. The molecule has 2 fully saturated rings. The molecule has 2 atom stereocenters. The number of hydrogen-bond donors (Lipinski definition) is 1. The van der Waals surface area contributed by atoms with Crippen LogP contribution < -0.4 is 5.32 Å². The van der Waals surface area contributed by atoms with Crippen molar-refractivity contribution in [2.45, 2.75) is 57.9 Å². The molecular formula is C14H28N2. The minimum atomic E-state index is 0.814. The van der Waals surface area contributed by atoms with Gasteiger partial charge in [0.2, 0.25) is 0 Å². The topological polar surface area (TPSA) is 15.3 Å². The molecular weight excluding hydrogens is 196 g/mol. The van der Waals surface area contributed by atoms with E-state index in [4.69, 9.17) is 0 Å². The molecule has 16 heavy (non-hydrogen) atoms. The predicted octanol–water partition coefficient (Wildman–Crippen LogP) is 2.64. The highest BCUT2D eigenvalue weighted by Crippen LogP contribution is 2.26. The van der Waals surface area contributed by atoms with Crippen molar-refractivity contribution in [3.05, 3.63) is 0 Å². The first-order chi connectivity index (χ1) is 7.90. The van der Waals surface area contributed by atoms with Crippen molar-refractivity contribution < 1.29 is 0 Å². The lowest BCUT2D eigenvalue weighted by atomic mass is 9.84. The van der Waals surface area contributed by atoms with E-state index in [0.29, 0.717) is 0 Å². The van der Waals surface area contributed by atoms with E-state index in [0.717, 1.165) is 12.0 Å². The van der Waals surface area contributed by atoms with Crippen LogP contribution in [0, 0.1) is 5.92 Å². The van der Waals surface area contributed by atoms with Crippen molar-refractivity contribution in [1.82, 2.24) is 10.2 Å². The van der Waals surface area contributed by atoms with Crippen LogP contribution in [0.25, 0.3) is 0 Å². The Morgan fingerprint density at radius 2 is 1.81 bits per heavy atom. The molecule has 1 heterocycles. The highest BCUT2D eigenvalue weighted by atomic mass is 15.1. The molecule has 0 aromatic carbocycles. The van der Waals surface area contributed by atoms with Crippen molar-refractivity contribution in [3.8, 4) is 0 Å². The zero-order valence-corrected chi connectivity index (χ0v) is 10.9. The Kier molecular flexibility index (Phi) is 5.11. The van der Waals surface area contributed by atoms with Crippen LogP contribution in [-0.4, -0.2) is 37.1 Å². The van der Waals surface area contributed by atoms with Gasteiger partial charge in [-0.05, 0) is 57.7 Å². The summed E-state index contributed by atoms with van der Waals surface area (Å²) in [5.74, 6) is 0.929. The largest absolute Gasteiger partial charge is 0.314 e. The molecule has 2 rings (SSSR count). The fourth-order valence-corrected chi connectivity index (χ4v) is 3.32. The maximum Gasteiger partial charge on any atom is 0.0107 e. The molecule has 2 heteroatoms. The van der Waals surface area contributed by atoms with Crippen LogP contribution in [0.15, 0.2) is 0 Å². The second-order valence-electron chi connectivity index (χ2n) is 5.61. The van der Waals surface area contributed by atoms with Crippen molar-refractivity contribution in [2.24, 2.45) is 5.92 Å². The fraction of sp³-hybridized carbons (Fsp3) is 1.00. The second kappa shape index (κ2) is 6.61. The van der Waals surface area contributed by atoms with Gasteiger partial charge in [0.25, 0.3) is 0 Å². The maximum atomic E-state index is 3.77. The third-order valence-corrected chi connectivity index (χ3v) is 4.26. The molecule has 94 valence electrons. The van der Waals surface area contributed by atoms with E-state index >= 15 is 0 Å². The highest BCUT2D eigenvalue weighted by molar-refractivity contribution is 4.84. The zero-order valence-electron chi connectivity index (χ0n) is 10.9. The minimum absolute atomic E-state index is 0.814. The molecule has 0 aromatic rings. The molecule has 0 amide bonds. The Balaban J connectivity index is 1.78. The second-order valence-corrected chi connectivity index (χ2v) is 5.61. The van der Waals surface area contributed by atoms with Crippen molar-refractivity contribution in [1.29, 1.82) is 0 Å². The monoisotopic (exact) mass is 224 g/mol. The lowest BCUT2D eigenvalue weighted by Crippen LogP contribution is -2.43. The molecule has 0 spiro atoms. The van der Waals surface area contributed by atoms with Crippen molar-refractivity contribution >= 4 is 0 Å². The SMILES string of the molecule is CCCNC1CCCCC1CN1CCCC1. The van der Waals surface area contributed by atoms with E-state index in [1.54, 1.807) is 0 Å². The molecule has 0 bridgehead atoms. The van der Waals surface area contributed by atoms with Crippen LogP contribution >= 0.6 is 0 Å². The first-order valence-electron chi connectivity index (χ1n) is 7.36. The normalized spacial score (nSPS) is 32.1. The van der Waals surface area contributed by atoms with Gasteiger partial charge in [-0.2, -0.15) is 0 Å². The quantitative estimate of drug-likeness (QED) is 0.772. The van der Waals surface area contributed by atoms with Crippen LogP contribution in [-0.2, 0) is 0 Å². The molecule has 1 saturated heterocycles. The van der Waals surface area contributed by atoms with Gasteiger partial charge in [-0.1, -0.05) is 19.8 Å². The molecule has 1 saturated carbocycles. The van der Waals surface area contributed by atoms with Gasteiger partial charge in [0.15, 0.2) is 0 Å². The average Bonchev–Trinajstić information content (AvgIpc) is 2.81. The predicted molar refractivity (Wildman–Crippen MR) is 69.7 cm³/mol. The molecule has 0 aromatic heterocycles. The van der Waals surface area contributed by atoms with E-state index in [1.807, 2.05) is 0 Å². The van der Waals surface area contributed by atoms with Crippen molar-refractivity contribution in [3.63, 3.8) is 0 Å². The molecule has 0 radical (unpaired) electrons. The van der Waals surface area contributed by atoms with E-state index in [1.165, 1.54) is 71.1 Å². The summed E-state index contributed by atoms with van der Waals surface area (Å²) in [4.78, 5) is 2.69. The molecule has 1 aliphatic heterocycles. The molecule has 2 unspecified atom stereocenters. The van der Waals surface area contributed by atoms with Gasteiger partial charge in [-0.15, -0.1) is 0 Å². The Morgan fingerprint density at radius 1 is 1.06 bits per heavy atom. The van der Waals surface area contributed by atoms with E-state index in [9.17, 15) is 0 Å². The summed E-state index contributed by atoms with van der Waals surface area (Å²) in [5, 5.41) is 3.77. The van der Waals surface area contributed by atoms with Gasteiger partial charge in [0.1, 0.15) is 0 Å². The maximum absolute atomic E-state index is 3.77. The summed E-state index contributed by atoms with van der Waals surface area (Å²) in [5.41, 5.74) is 0. The Labute approximate surface area is 101 Å². The lowest BCUT2D eigenvalue weighted by molar-refractivity contribution is 0.189. The molecule has 1 N–H and O–H groups in total. The van der Waals surface area contributed by atoms with Crippen LogP contribution in [0.2, 0.25) is 0 Å². The fourth-order valence-electron chi connectivity index (χ4n) is 3.32. The van der Waals surface area contributed by atoms with E-state index in [2.05, 4.69) is 17.1 Å². The summed E-state index contributed by atoms with van der Waals surface area (Å²) in [6, 6.07) is 0.814. The van der Waals surface area contributed by atoms with Gasteiger partial charge in [0.05, 0.1) is 0 Å². The van der Waals surface area contributed by atoms with Gasteiger partial charge >= 0.3 is 0 Å². The highest BCUT2D eigenvalue weighted by Gasteiger charge is 2.27. The number of nitrogens with zero attached hydrogens (tertiary/aromatic N) is 1. The summed E-state index contributed by atoms with van der Waals surface area (Å²) in [7, 11) is 0. The van der Waals surface area contributed by atoms with E-state index in [-0.39, 0.29) is 0 Å². The van der Waals surface area contributed by atoms with Gasteiger partial charge < -0.3 is 10.2 Å². The summed E-state index contributed by atoms with van der Waals surface area (Å²) in [6.45, 7) is 7.56. The summed E-state index contributed by atoms with van der Waals surface area (Å²) >= 11 is 0. The summed E-state index contributed by atoms with van der Waals surface area (Å²) in [6.07, 6.45) is 9.91. The third-order valence-electron chi connectivity index (χ3n) is 4.26. The van der Waals surface area contributed by atoms with Gasteiger partial charge in [0, 0.05) is 12.6 Å². The number of rotatable bonds is 5. The molecule has 2 nitrogen and oxygen atoms in total. The van der Waals surface area contributed by atoms with Crippen LogP contribution in [0.1, 0.15) is 51.9 Å². The summed E-state index contributed by atoms with van der Waals surface area (Å²) < 4.78 is 0. The van der Waals surface area contributed by atoms with E-state index < -0.39 is 0 Å². The molecule has 1 aliphatic carbocycles. The minimum Gasteiger partial charge on any atom is -0.314 e. The standard InChI is InChI=1S/C14H28N2/c1-2-9-15-14-8-4-3-7-13(14)12-16-10-5-6-11-16/h13-15H,2-12H2,1H3. The third kappa shape index (κ3) is 3.46. The molecule has 2 aliphatic rings. The number of nitrogens with one attached hydrogen (secondary N) is 1. The first-order valence-corrected chi connectivity index (χ1v) is 7.36. The average molecular weight is 224 g/mol. The number of likely N-dealkylation sites (tertiary alicyclic amines) is 1. The Morgan fingerprint density at radius 3 is 2.56 bits per heavy atom. The van der Waals surface area contributed by atoms with Gasteiger partial charge in [-0.3, -0.25) is 0 Å².